The van der Waals surface area contributed by atoms with Crippen LogP contribution in [0.4, 0.5) is 0 Å². The third-order valence-corrected chi connectivity index (χ3v) is 5.83. The summed E-state index contributed by atoms with van der Waals surface area (Å²) in [6.07, 6.45) is 0.0833. The van der Waals surface area contributed by atoms with Gasteiger partial charge in [0.25, 0.3) is 0 Å². The first-order valence-corrected chi connectivity index (χ1v) is 12.8. The summed E-state index contributed by atoms with van der Waals surface area (Å²) in [7, 11) is 0. The number of hydrogen-bond donors (Lipinski definition) is 0. The minimum Gasteiger partial charge on any atom is -0.300 e. The van der Waals surface area contributed by atoms with E-state index in [-0.39, 0.29) is 37.5 Å². The second-order valence-corrected chi connectivity index (χ2v) is 9.09. The molecule has 4 aromatic carbocycles. The van der Waals surface area contributed by atoms with Crippen molar-refractivity contribution in [2.45, 2.75) is 20.3 Å². The third-order valence-electron chi connectivity index (χ3n) is 5.83. The second-order valence-electron chi connectivity index (χ2n) is 9.09. The standard InChI is InChI=1S/2C15H11N.C5H8O2.Ru/c2*1-2-6-12(7-3-1)15-11-10-13-8-4-5-9-14(13)16-15;1-4(6)3-5(2)7;/h2*1-11H;3H2,1-2H3;. The number of carbonyl (C=O) groups excluding carboxylic acids is 2. The molecule has 0 fully saturated rings. The Hall–Kier alpha value is -4.34. The molecular formula is C35H30N2O2Ru. The molecule has 0 aliphatic heterocycles. The number of rotatable bonds is 4. The van der Waals surface area contributed by atoms with Crippen molar-refractivity contribution in [3.63, 3.8) is 0 Å². The molecule has 0 spiro atoms. The molecule has 4 nitrogen and oxygen atoms in total. The van der Waals surface area contributed by atoms with Gasteiger partial charge in [-0.05, 0) is 38.1 Å². The first-order chi connectivity index (χ1) is 19.0. The number of hydrogen-bond acceptors (Lipinski definition) is 4. The molecule has 200 valence electrons. The van der Waals surface area contributed by atoms with Gasteiger partial charge in [0.05, 0.1) is 28.8 Å². The van der Waals surface area contributed by atoms with E-state index in [4.69, 9.17) is 0 Å². The molecule has 2 heterocycles. The van der Waals surface area contributed by atoms with Crippen LogP contribution in [0.2, 0.25) is 0 Å². The molecule has 0 radical (unpaired) electrons. The van der Waals surface area contributed by atoms with Gasteiger partial charge in [-0.3, -0.25) is 9.59 Å². The van der Waals surface area contributed by atoms with Crippen LogP contribution in [0, 0.1) is 0 Å². The quantitative estimate of drug-likeness (QED) is 0.149. The third kappa shape index (κ3) is 8.86. The average molecular weight is 612 g/mol. The summed E-state index contributed by atoms with van der Waals surface area (Å²) in [6.45, 7) is 2.81. The molecule has 0 atom stereocenters. The summed E-state index contributed by atoms with van der Waals surface area (Å²) in [5.41, 5.74) is 6.47. The van der Waals surface area contributed by atoms with Gasteiger partial charge in [0.15, 0.2) is 0 Å². The minimum atomic E-state index is -0.0625. The van der Waals surface area contributed by atoms with Crippen LogP contribution in [0.1, 0.15) is 20.3 Å². The van der Waals surface area contributed by atoms with Crippen LogP contribution in [0.3, 0.4) is 0 Å². The van der Waals surface area contributed by atoms with Crippen molar-refractivity contribution in [1.82, 2.24) is 9.97 Å². The van der Waals surface area contributed by atoms with E-state index in [2.05, 4.69) is 70.6 Å². The zero-order valence-electron chi connectivity index (χ0n) is 22.5. The van der Waals surface area contributed by atoms with Crippen molar-refractivity contribution in [3.8, 4) is 22.5 Å². The largest absolute Gasteiger partial charge is 0.300 e. The Kier molecular flexibility index (Phi) is 11.6. The van der Waals surface area contributed by atoms with Crippen molar-refractivity contribution in [3.05, 3.63) is 133 Å². The van der Waals surface area contributed by atoms with Gasteiger partial charge >= 0.3 is 0 Å². The fourth-order valence-electron chi connectivity index (χ4n) is 4.02. The Morgan fingerprint density at radius 1 is 0.475 bits per heavy atom. The van der Waals surface area contributed by atoms with E-state index < -0.39 is 0 Å². The Bertz CT molecular complexity index is 1560. The van der Waals surface area contributed by atoms with E-state index in [1.54, 1.807) is 0 Å². The fourth-order valence-corrected chi connectivity index (χ4v) is 4.02. The molecule has 0 aliphatic rings. The summed E-state index contributed by atoms with van der Waals surface area (Å²) in [5, 5.41) is 2.37. The SMILES string of the molecule is CC(=O)CC(C)=O.[Ru].c1ccc(-c2ccc3ccccc3n2)cc1.c1ccc(-c2ccc3ccccc3n2)cc1. The van der Waals surface area contributed by atoms with Crippen molar-refractivity contribution in [1.29, 1.82) is 0 Å². The summed E-state index contributed by atoms with van der Waals surface area (Å²) < 4.78 is 0. The van der Waals surface area contributed by atoms with Gasteiger partial charge in [-0.2, -0.15) is 0 Å². The van der Waals surface area contributed by atoms with Crippen molar-refractivity contribution in [2.75, 3.05) is 0 Å². The van der Waals surface area contributed by atoms with E-state index in [9.17, 15) is 9.59 Å². The maximum absolute atomic E-state index is 10.0. The molecule has 6 rings (SSSR count). The number of para-hydroxylation sites is 2. The van der Waals surface area contributed by atoms with Crippen molar-refractivity contribution in [2.24, 2.45) is 0 Å². The summed E-state index contributed by atoms with van der Waals surface area (Å²) in [5.74, 6) is -0.125. The van der Waals surface area contributed by atoms with Crippen LogP contribution >= 0.6 is 0 Å². The van der Waals surface area contributed by atoms with Crippen LogP contribution in [0.25, 0.3) is 44.3 Å². The van der Waals surface area contributed by atoms with E-state index in [0.717, 1.165) is 33.5 Å². The minimum absolute atomic E-state index is 0. The summed E-state index contributed by atoms with van der Waals surface area (Å²) >= 11 is 0. The second kappa shape index (κ2) is 15.3. The van der Waals surface area contributed by atoms with Crippen LogP contribution in [-0.2, 0) is 29.1 Å². The molecule has 0 amide bonds. The number of pyridine rings is 2. The topological polar surface area (TPSA) is 59.9 Å². The van der Waals surface area contributed by atoms with Crippen molar-refractivity contribution < 1.29 is 29.1 Å². The van der Waals surface area contributed by atoms with Crippen molar-refractivity contribution >= 4 is 33.4 Å². The Morgan fingerprint density at radius 3 is 1.18 bits per heavy atom. The molecule has 0 bridgehead atoms. The molecule has 0 saturated heterocycles. The smallest absolute Gasteiger partial charge is 0.137 e. The molecule has 6 aromatic rings. The normalized spacial score (nSPS) is 9.85. The van der Waals surface area contributed by atoms with Crippen LogP contribution in [-0.4, -0.2) is 21.5 Å². The van der Waals surface area contributed by atoms with Gasteiger partial charge in [-0.25, -0.2) is 9.97 Å². The molecule has 2 aromatic heterocycles. The molecule has 40 heavy (non-hydrogen) atoms. The molecular weight excluding hydrogens is 581 g/mol. The van der Waals surface area contributed by atoms with Gasteiger partial charge in [-0.1, -0.05) is 109 Å². The number of fused-ring (bicyclic) bond motifs is 2. The molecule has 5 heteroatoms. The summed E-state index contributed by atoms with van der Waals surface area (Å²) in [6, 6.07) is 45.2. The fraction of sp³-hybridized carbons (Fsp3) is 0.0857. The average Bonchev–Trinajstić information content (AvgIpc) is 2.97. The van der Waals surface area contributed by atoms with Gasteiger partial charge in [-0.15, -0.1) is 0 Å². The first kappa shape index (κ1) is 30.2. The number of carbonyl (C=O) groups is 2. The van der Waals surface area contributed by atoms with Gasteiger partial charge in [0.2, 0.25) is 0 Å². The van der Waals surface area contributed by atoms with Crippen LogP contribution in [0.15, 0.2) is 133 Å². The number of aromatic nitrogens is 2. The predicted molar refractivity (Wildman–Crippen MR) is 160 cm³/mol. The Balaban J connectivity index is 0.000000177. The van der Waals surface area contributed by atoms with E-state index in [1.807, 2.05) is 72.8 Å². The predicted octanol–water partition coefficient (Wildman–Crippen LogP) is 8.36. The van der Waals surface area contributed by atoms with Gasteiger partial charge < -0.3 is 0 Å². The van der Waals surface area contributed by atoms with Crippen LogP contribution < -0.4 is 0 Å². The first-order valence-electron chi connectivity index (χ1n) is 12.8. The maximum atomic E-state index is 10.0. The Labute approximate surface area is 247 Å². The molecule has 0 saturated carbocycles. The van der Waals surface area contributed by atoms with Gasteiger partial charge in [0.1, 0.15) is 11.6 Å². The summed E-state index contributed by atoms with van der Waals surface area (Å²) in [4.78, 5) is 29.4. The molecule has 0 unspecified atom stereocenters. The Morgan fingerprint density at radius 2 is 0.825 bits per heavy atom. The molecule has 0 N–H and O–H groups in total. The van der Waals surface area contributed by atoms with E-state index in [0.29, 0.717) is 0 Å². The monoisotopic (exact) mass is 612 g/mol. The molecule has 0 aliphatic carbocycles. The zero-order valence-corrected chi connectivity index (χ0v) is 24.2. The zero-order chi connectivity index (χ0) is 27.5. The van der Waals surface area contributed by atoms with E-state index >= 15 is 0 Å². The maximum Gasteiger partial charge on any atom is 0.137 e. The van der Waals surface area contributed by atoms with Crippen LogP contribution in [0.5, 0.6) is 0 Å². The number of nitrogens with zero attached hydrogens (tertiary/aromatic N) is 2. The number of benzene rings is 4. The number of Topliss-reactive ketones (excluding diaryl/α,β-unsaturated/α-hetero) is 2. The van der Waals surface area contributed by atoms with Gasteiger partial charge in [0, 0.05) is 41.4 Å². The number of ketones is 2. The van der Waals surface area contributed by atoms with E-state index in [1.165, 1.54) is 24.6 Å².